The molecule has 0 spiro atoms. The predicted octanol–water partition coefficient (Wildman–Crippen LogP) is 1.39. The number of carbonyl (C=O) groups is 1. The van der Waals surface area contributed by atoms with Gasteiger partial charge >= 0.3 is 0 Å². The molecule has 2 rings (SSSR count). The molecule has 2 N–H and O–H groups in total. The Labute approximate surface area is 110 Å². The third-order valence-corrected chi connectivity index (χ3v) is 4.59. The Morgan fingerprint density at radius 1 is 1.44 bits per heavy atom. The van der Waals surface area contributed by atoms with Gasteiger partial charge in [0.1, 0.15) is 0 Å². The highest BCUT2D eigenvalue weighted by molar-refractivity contribution is 5.79. The lowest BCUT2D eigenvalue weighted by Crippen LogP contribution is -2.51. The van der Waals surface area contributed by atoms with Crippen molar-refractivity contribution in [2.75, 3.05) is 19.7 Å². The van der Waals surface area contributed by atoms with Crippen LogP contribution in [0.2, 0.25) is 0 Å². The third-order valence-electron chi connectivity index (χ3n) is 4.59. The number of ether oxygens (including phenoxy) is 1. The largest absolute Gasteiger partial charge is 0.375 e. The lowest BCUT2D eigenvalue weighted by atomic mass is 9.76. The van der Waals surface area contributed by atoms with Crippen molar-refractivity contribution < 1.29 is 9.53 Å². The molecule has 4 nitrogen and oxygen atoms in total. The maximum atomic E-state index is 12.6. The molecule has 1 aliphatic heterocycles. The minimum Gasteiger partial charge on any atom is -0.375 e. The lowest BCUT2D eigenvalue weighted by molar-refractivity contribution is -0.146. The average Bonchev–Trinajstić information content (AvgIpc) is 2.41. The second-order valence-electron chi connectivity index (χ2n) is 5.75. The second kappa shape index (κ2) is 6.02. The summed E-state index contributed by atoms with van der Waals surface area (Å²) in [5.41, 5.74) is 6.09. The van der Waals surface area contributed by atoms with Crippen LogP contribution in [0.3, 0.4) is 0 Å². The molecule has 4 atom stereocenters. The summed E-state index contributed by atoms with van der Waals surface area (Å²) in [4.78, 5) is 14.6. The lowest BCUT2D eigenvalue weighted by Gasteiger charge is -2.39. The van der Waals surface area contributed by atoms with Crippen LogP contribution in [0.25, 0.3) is 0 Å². The molecule has 0 radical (unpaired) electrons. The van der Waals surface area contributed by atoms with Gasteiger partial charge in [-0.2, -0.15) is 0 Å². The van der Waals surface area contributed by atoms with Gasteiger partial charge < -0.3 is 15.4 Å². The number of hydrogen-bond acceptors (Lipinski definition) is 3. The molecule has 1 saturated carbocycles. The van der Waals surface area contributed by atoms with Crippen molar-refractivity contribution in [3.63, 3.8) is 0 Å². The van der Waals surface area contributed by atoms with E-state index >= 15 is 0 Å². The highest BCUT2D eigenvalue weighted by atomic mass is 16.5. The van der Waals surface area contributed by atoms with E-state index in [1.165, 1.54) is 0 Å². The maximum Gasteiger partial charge on any atom is 0.226 e. The van der Waals surface area contributed by atoms with Gasteiger partial charge in [0, 0.05) is 25.0 Å². The van der Waals surface area contributed by atoms with Gasteiger partial charge in [0.25, 0.3) is 0 Å². The average molecular weight is 254 g/mol. The van der Waals surface area contributed by atoms with E-state index in [0.29, 0.717) is 18.4 Å². The van der Waals surface area contributed by atoms with Crippen molar-refractivity contribution in [3.05, 3.63) is 0 Å². The number of amides is 1. The van der Waals surface area contributed by atoms with Crippen LogP contribution in [0.4, 0.5) is 0 Å². The van der Waals surface area contributed by atoms with Crippen LogP contribution in [0, 0.1) is 11.8 Å². The molecular weight excluding hydrogens is 228 g/mol. The van der Waals surface area contributed by atoms with E-state index in [1.807, 2.05) is 4.90 Å². The molecule has 104 valence electrons. The standard InChI is InChI=1S/C14H26N2O2/c1-3-11-9-16(7-8-18-11)14(17)12-5-4-6-13(15)10(12)2/h10-13H,3-9,15H2,1-2H3. The fourth-order valence-electron chi connectivity index (χ4n) is 3.15. The zero-order valence-corrected chi connectivity index (χ0v) is 11.6. The molecule has 0 aromatic heterocycles. The maximum absolute atomic E-state index is 12.6. The minimum absolute atomic E-state index is 0.129. The summed E-state index contributed by atoms with van der Waals surface area (Å²) in [6.45, 7) is 6.42. The van der Waals surface area contributed by atoms with Gasteiger partial charge in [0.15, 0.2) is 0 Å². The number of carbonyl (C=O) groups excluding carboxylic acids is 1. The summed E-state index contributed by atoms with van der Waals surface area (Å²) in [7, 11) is 0. The SMILES string of the molecule is CCC1CN(C(=O)C2CCCC(N)C2C)CCO1. The van der Waals surface area contributed by atoms with Gasteiger partial charge in [-0.3, -0.25) is 4.79 Å². The molecule has 0 aromatic rings. The summed E-state index contributed by atoms with van der Waals surface area (Å²) in [5.74, 6) is 0.748. The van der Waals surface area contributed by atoms with Crippen molar-refractivity contribution >= 4 is 5.91 Å². The van der Waals surface area contributed by atoms with Crippen molar-refractivity contribution in [1.29, 1.82) is 0 Å². The van der Waals surface area contributed by atoms with E-state index in [9.17, 15) is 4.79 Å². The summed E-state index contributed by atoms with van der Waals surface area (Å²) < 4.78 is 5.62. The number of hydrogen-bond donors (Lipinski definition) is 1. The Kier molecular flexibility index (Phi) is 4.62. The first kappa shape index (κ1) is 13.8. The molecule has 4 unspecified atom stereocenters. The van der Waals surface area contributed by atoms with Crippen molar-refractivity contribution in [3.8, 4) is 0 Å². The number of nitrogens with two attached hydrogens (primary N) is 1. The van der Waals surface area contributed by atoms with Gasteiger partial charge in [-0.15, -0.1) is 0 Å². The molecule has 0 bridgehead atoms. The molecule has 0 aromatic carbocycles. The quantitative estimate of drug-likeness (QED) is 0.810. The summed E-state index contributed by atoms with van der Waals surface area (Å²) >= 11 is 0. The molecule has 1 aliphatic carbocycles. The molecule has 1 heterocycles. The van der Waals surface area contributed by atoms with Gasteiger partial charge in [0.2, 0.25) is 5.91 Å². The van der Waals surface area contributed by atoms with Gasteiger partial charge in [-0.1, -0.05) is 20.3 Å². The van der Waals surface area contributed by atoms with Crippen LogP contribution in [-0.2, 0) is 9.53 Å². The normalized spacial score (nSPS) is 37.6. The van der Waals surface area contributed by atoms with Gasteiger partial charge in [0.05, 0.1) is 12.7 Å². The van der Waals surface area contributed by atoms with E-state index in [2.05, 4.69) is 13.8 Å². The van der Waals surface area contributed by atoms with Crippen LogP contribution in [0.5, 0.6) is 0 Å². The van der Waals surface area contributed by atoms with E-state index < -0.39 is 0 Å². The van der Waals surface area contributed by atoms with E-state index in [-0.39, 0.29) is 18.1 Å². The fourth-order valence-corrected chi connectivity index (χ4v) is 3.15. The Hall–Kier alpha value is -0.610. The predicted molar refractivity (Wildman–Crippen MR) is 71.1 cm³/mol. The molecule has 2 fully saturated rings. The summed E-state index contributed by atoms with van der Waals surface area (Å²) in [5, 5.41) is 0. The highest BCUT2D eigenvalue weighted by Crippen LogP contribution is 2.31. The first-order valence-electron chi connectivity index (χ1n) is 7.29. The monoisotopic (exact) mass is 254 g/mol. The van der Waals surface area contributed by atoms with E-state index in [4.69, 9.17) is 10.5 Å². The Bertz CT molecular complexity index is 296. The van der Waals surface area contributed by atoms with Crippen LogP contribution in [-0.4, -0.2) is 42.6 Å². The van der Waals surface area contributed by atoms with E-state index in [1.54, 1.807) is 0 Å². The second-order valence-corrected chi connectivity index (χ2v) is 5.75. The van der Waals surface area contributed by atoms with Crippen molar-refractivity contribution in [1.82, 2.24) is 4.90 Å². The molecule has 18 heavy (non-hydrogen) atoms. The van der Waals surface area contributed by atoms with Crippen molar-refractivity contribution in [2.45, 2.75) is 51.7 Å². The summed E-state index contributed by atoms with van der Waals surface area (Å²) in [6, 6.07) is 0.190. The number of nitrogens with zero attached hydrogens (tertiary/aromatic N) is 1. The fraction of sp³-hybridized carbons (Fsp3) is 0.929. The minimum atomic E-state index is 0.129. The highest BCUT2D eigenvalue weighted by Gasteiger charge is 2.36. The summed E-state index contributed by atoms with van der Waals surface area (Å²) in [6.07, 6.45) is 4.34. The Morgan fingerprint density at radius 3 is 2.94 bits per heavy atom. The molecular formula is C14H26N2O2. The van der Waals surface area contributed by atoms with Crippen molar-refractivity contribution in [2.24, 2.45) is 17.6 Å². The topological polar surface area (TPSA) is 55.6 Å². The van der Waals surface area contributed by atoms with Gasteiger partial charge in [-0.25, -0.2) is 0 Å². The zero-order chi connectivity index (χ0) is 13.1. The Morgan fingerprint density at radius 2 is 2.22 bits per heavy atom. The van der Waals surface area contributed by atoms with Crippen LogP contribution >= 0.6 is 0 Å². The molecule has 2 aliphatic rings. The smallest absolute Gasteiger partial charge is 0.226 e. The molecule has 1 amide bonds. The molecule has 1 saturated heterocycles. The van der Waals surface area contributed by atoms with Crippen LogP contribution in [0.15, 0.2) is 0 Å². The van der Waals surface area contributed by atoms with E-state index in [0.717, 1.165) is 38.8 Å². The van der Waals surface area contributed by atoms with Gasteiger partial charge in [-0.05, 0) is 25.2 Å². The third kappa shape index (κ3) is 2.86. The Balaban J connectivity index is 1.97. The molecule has 4 heteroatoms. The number of rotatable bonds is 2. The number of morpholine rings is 1. The first-order valence-corrected chi connectivity index (χ1v) is 7.29. The zero-order valence-electron chi connectivity index (χ0n) is 11.6. The van der Waals surface area contributed by atoms with Crippen LogP contribution < -0.4 is 5.73 Å². The first-order chi connectivity index (χ1) is 8.63. The van der Waals surface area contributed by atoms with Crippen LogP contribution in [0.1, 0.15) is 39.5 Å².